The molecule has 0 amide bonds. The van der Waals surface area contributed by atoms with Crippen molar-refractivity contribution in [3.8, 4) is 17.2 Å². The SMILES string of the molecule is C/C=c1\ccc2c3c(ccc2c1)=C(c1ccccc1C(=O)O)c1ccc(O)c(C)c1O3. The third-order valence-electron chi connectivity index (χ3n) is 5.87. The van der Waals surface area contributed by atoms with Crippen LogP contribution in [0, 0.1) is 6.92 Å². The Morgan fingerprint density at radius 1 is 0.935 bits per heavy atom. The van der Waals surface area contributed by atoms with E-state index in [4.69, 9.17) is 4.74 Å². The summed E-state index contributed by atoms with van der Waals surface area (Å²) in [6, 6.07) is 20.5. The molecule has 0 saturated heterocycles. The molecule has 0 radical (unpaired) electrons. The lowest BCUT2D eigenvalue weighted by molar-refractivity contribution is 0.0696. The van der Waals surface area contributed by atoms with Gasteiger partial charge < -0.3 is 14.9 Å². The van der Waals surface area contributed by atoms with Crippen LogP contribution in [0.5, 0.6) is 17.2 Å². The first-order valence-electron chi connectivity index (χ1n) is 10.1. The molecule has 31 heavy (non-hydrogen) atoms. The van der Waals surface area contributed by atoms with Gasteiger partial charge in [0.25, 0.3) is 0 Å². The van der Waals surface area contributed by atoms with E-state index >= 15 is 0 Å². The number of phenols is 1. The number of carboxylic acids is 1. The Labute approximate surface area is 179 Å². The first-order valence-corrected chi connectivity index (χ1v) is 10.1. The summed E-state index contributed by atoms with van der Waals surface area (Å²) >= 11 is 0. The predicted molar refractivity (Wildman–Crippen MR) is 121 cm³/mol. The summed E-state index contributed by atoms with van der Waals surface area (Å²) in [7, 11) is 0. The molecule has 2 N–H and O–H groups in total. The molecule has 0 fully saturated rings. The molecule has 4 aromatic rings. The summed E-state index contributed by atoms with van der Waals surface area (Å²) in [5.74, 6) is 0.353. The maximum absolute atomic E-state index is 12.0. The molecule has 0 atom stereocenters. The number of aromatic hydroxyl groups is 1. The number of carbonyl (C=O) groups is 1. The second-order valence-electron chi connectivity index (χ2n) is 7.63. The highest BCUT2D eigenvalue weighted by atomic mass is 16.5. The topological polar surface area (TPSA) is 66.8 Å². The van der Waals surface area contributed by atoms with Gasteiger partial charge >= 0.3 is 5.97 Å². The first kappa shape index (κ1) is 18.9. The van der Waals surface area contributed by atoms with E-state index in [-0.39, 0.29) is 11.3 Å². The number of aromatic carboxylic acids is 1. The van der Waals surface area contributed by atoms with E-state index in [2.05, 4.69) is 6.07 Å². The van der Waals surface area contributed by atoms with E-state index in [0.717, 1.165) is 32.3 Å². The molecular formula is C27H20O4. The lowest BCUT2D eigenvalue weighted by atomic mass is 9.88. The second kappa shape index (κ2) is 7.03. The van der Waals surface area contributed by atoms with E-state index in [0.29, 0.717) is 22.6 Å². The van der Waals surface area contributed by atoms with Gasteiger partial charge in [-0.25, -0.2) is 4.79 Å². The molecule has 152 valence electrons. The van der Waals surface area contributed by atoms with Crippen molar-refractivity contribution in [2.24, 2.45) is 0 Å². The number of benzene rings is 4. The molecule has 1 aliphatic heterocycles. The molecular weight excluding hydrogens is 388 g/mol. The van der Waals surface area contributed by atoms with Gasteiger partial charge in [-0.1, -0.05) is 42.5 Å². The Kier molecular flexibility index (Phi) is 4.29. The molecule has 0 saturated carbocycles. The zero-order valence-electron chi connectivity index (χ0n) is 17.1. The van der Waals surface area contributed by atoms with Crippen LogP contribution in [0.1, 0.15) is 34.0 Å². The summed E-state index contributed by atoms with van der Waals surface area (Å²) in [5, 5.41) is 24.0. The smallest absolute Gasteiger partial charge is 0.336 e. The summed E-state index contributed by atoms with van der Waals surface area (Å²) in [6.07, 6.45) is 2.04. The van der Waals surface area contributed by atoms with Gasteiger partial charge in [0.05, 0.1) is 5.56 Å². The average molecular weight is 408 g/mol. The highest BCUT2D eigenvalue weighted by molar-refractivity contribution is 6.00. The maximum Gasteiger partial charge on any atom is 0.336 e. The summed E-state index contributed by atoms with van der Waals surface area (Å²) in [5.41, 5.74) is 2.99. The molecule has 0 aliphatic carbocycles. The zero-order valence-corrected chi connectivity index (χ0v) is 17.1. The summed E-state index contributed by atoms with van der Waals surface area (Å²) in [6.45, 7) is 3.79. The minimum absolute atomic E-state index is 0.135. The first-order chi connectivity index (χ1) is 15.0. The van der Waals surface area contributed by atoms with Crippen LogP contribution in [0.2, 0.25) is 0 Å². The quantitative estimate of drug-likeness (QED) is 0.444. The van der Waals surface area contributed by atoms with Gasteiger partial charge in [0.1, 0.15) is 17.2 Å². The average Bonchev–Trinajstić information content (AvgIpc) is 2.79. The van der Waals surface area contributed by atoms with E-state index < -0.39 is 5.97 Å². The van der Waals surface area contributed by atoms with Gasteiger partial charge in [0, 0.05) is 27.3 Å². The Morgan fingerprint density at radius 3 is 2.52 bits per heavy atom. The minimum Gasteiger partial charge on any atom is -0.508 e. The number of hydrogen-bond donors (Lipinski definition) is 2. The Bertz CT molecular complexity index is 1510. The number of rotatable bonds is 2. The summed E-state index contributed by atoms with van der Waals surface area (Å²) < 4.78 is 6.39. The van der Waals surface area contributed by atoms with Gasteiger partial charge in [-0.15, -0.1) is 0 Å². The highest BCUT2D eigenvalue weighted by Crippen LogP contribution is 2.43. The lowest BCUT2D eigenvalue weighted by Gasteiger charge is -2.25. The predicted octanol–water partition coefficient (Wildman–Crippen LogP) is 4.71. The van der Waals surface area contributed by atoms with E-state index in [1.807, 2.05) is 49.4 Å². The van der Waals surface area contributed by atoms with Crippen LogP contribution in [0.4, 0.5) is 0 Å². The standard InChI is InChI=1S/C27H20O4/c1-3-16-8-10-18-17(14-16)9-11-22-24(19-6-4-5-7-20(19)27(29)30)21-12-13-23(28)15(2)25(21)31-26(18)22/h3-14,28H,1-2H3,(H,29,30)/b16-3+. The molecule has 0 spiro atoms. The van der Waals surface area contributed by atoms with Crippen molar-refractivity contribution in [2.75, 3.05) is 0 Å². The fourth-order valence-corrected chi connectivity index (χ4v) is 4.24. The van der Waals surface area contributed by atoms with Crippen molar-refractivity contribution in [3.05, 3.63) is 99.4 Å². The van der Waals surface area contributed by atoms with Crippen molar-refractivity contribution < 1.29 is 19.7 Å². The van der Waals surface area contributed by atoms with Crippen LogP contribution < -0.4 is 15.2 Å². The molecule has 4 nitrogen and oxygen atoms in total. The number of hydrogen-bond acceptors (Lipinski definition) is 3. The van der Waals surface area contributed by atoms with Crippen LogP contribution in [-0.4, -0.2) is 16.2 Å². The molecule has 0 aromatic heterocycles. The largest absolute Gasteiger partial charge is 0.508 e. The van der Waals surface area contributed by atoms with Gasteiger partial charge in [-0.2, -0.15) is 0 Å². The van der Waals surface area contributed by atoms with Gasteiger partial charge in [-0.3, -0.25) is 0 Å². The van der Waals surface area contributed by atoms with Gasteiger partial charge in [0.15, 0.2) is 0 Å². The van der Waals surface area contributed by atoms with E-state index in [1.165, 1.54) is 0 Å². The number of phenolic OH excluding ortho intramolecular Hbond substituents is 1. The summed E-state index contributed by atoms with van der Waals surface area (Å²) in [4.78, 5) is 12.0. The van der Waals surface area contributed by atoms with Crippen LogP contribution in [0.3, 0.4) is 0 Å². The third-order valence-corrected chi connectivity index (χ3v) is 5.87. The molecule has 4 aromatic carbocycles. The van der Waals surface area contributed by atoms with Crippen molar-refractivity contribution in [2.45, 2.75) is 13.8 Å². The van der Waals surface area contributed by atoms with E-state index in [1.54, 1.807) is 31.2 Å². The number of carboxylic acid groups (broad SMARTS) is 1. The minimum atomic E-state index is -0.989. The van der Waals surface area contributed by atoms with Crippen LogP contribution in [-0.2, 0) is 0 Å². The van der Waals surface area contributed by atoms with Crippen molar-refractivity contribution in [1.82, 2.24) is 0 Å². The van der Waals surface area contributed by atoms with Gasteiger partial charge in [-0.05, 0) is 60.3 Å². The van der Waals surface area contributed by atoms with E-state index in [9.17, 15) is 15.0 Å². The highest BCUT2D eigenvalue weighted by Gasteiger charge is 2.26. The van der Waals surface area contributed by atoms with Crippen LogP contribution in [0.15, 0.2) is 66.7 Å². The number of fused-ring (bicyclic) bond motifs is 4. The Morgan fingerprint density at radius 2 is 1.74 bits per heavy atom. The van der Waals surface area contributed by atoms with Gasteiger partial charge in [0.2, 0.25) is 0 Å². The third kappa shape index (κ3) is 2.88. The fraction of sp³-hybridized carbons (Fsp3) is 0.0741. The fourth-order valence-electron chi connectivity index (χ4n) is 4.24. The molecule has 4 heteroatoms. The number of ether oxygens (including phenoxy) is 1. The zero-order chi connectivity index (χ0) is 21.7. The molecule has 1 aliphatic rings. The molecule has 0 unspecified atom stereocenters. The monoisotopic (exact) mass is 408 g/mol. The normalized spacial score (nSPS) is 13.0. The second-order valence-corrected chi connectivity index (χ2v) is 7.63. The maximum atomic E-state index is 12.0. The lowest BCUT2D eigenvalue weighted by Crippen LogP contribution is -2.19. The molecule has 1 heterocycles. The Hall–Kier alpha value is -4.05. The van der Waals surface area contributed by atoms with Crippen molar-refractivity contribution in [1.29, 1.82) is 0 Å². The Balaban J connectivity index is 1.99. The van der Waals surface area contributed by atoms with Crippen LogP contribution >= 0.6 is 0 Å². The molecule has 0 bridgehead atoms. The van der Waals surface area contributed by atoms with Crippen LogP contribution in [0.25, 0.3) is 22.4 Å². The van der Waals surface area contributed by atoms with Crippen molar-refractivity contribution in [3.63, 3.8) is 0 Å². The van der Waals surface area contributed by atoms with Crippen molar-refractivity contribution >= 4 is 28.4 Å². The molecule has 5 rings (SSSR count).